The number of rotatable bonds is 8. The summed E-state index contributed by atoms with van der Waals surface area (Å²) in [5.41, 5.74) is -1.55. The Morgan fingerprint density at radius 3 is 1.85 bits per heavy atom. The molecule has 0 spiro atoms. The van der Waals surface area contributed by atoms with Gasteiger partial charge in [-0.15, -0.1) is 0 Å². The van der Waals surface area contributed by atoms with Gasteiger partial charge in [-0.05, 0) is 54.5 Å². The molecule has 1 saturated carbocycles. The molecule has 0 saturated heterocycles. The molecule has 12 nitrogen and oxygen atoms in total. The van der Waals surface area contributed by atoms with Gasteiger partial charge >= 0.3 is 17.9 Å². The van der Waals surface area contributed by atoms with Crippen LogP contribution in [0.25, 0.3) is 12.2 Å². The van der Waals surface area contributed by atoms with Crippen molar-refractivity contribution < 1.29 is 59.2 Å². The van der Waals surface area contributed by atoms with Crippen LogP contribution in [0.15, 0.2) is 48.6 Å². The predicted molar refractivity (Wildman–Crippen MR) is 134 cm³/mol. The summed E-state index contributed by atoms with van der Waals surface area (Å²) in [6.07, 6.45) is -1.21. The molecule has 0 aliphatic heterocycles. The zero-order valence-corrected chi connectivity index (χ0v) is 20.8. The van der Waals surface area contributed by atoms with Crippen molar-refractivity contribution in [3.05, 3.63) is 59.7 Å². The molecular weight excluding hydrogens is 516 g/mol. The van der Waals surface area contributed by atoms with E-state index in [0.29, 0.717) is 11.1 Å². The smallest absolute Gasteiger partial charge is 0.338 e. The second-order valence-corrected chi connectivity index (χ2v) is 8.77. The lowest BCUT2D eigenvalue weighted by Crippen LogP contribution is -2.58. The van der Waals surface area contributed by atoms with Crippen LogP contribution in [0.3, 0.4) is 0 Å². The molecule has 12 heteroatoms. The molecule has 0 radical (unpaired) electrons. The van der Waals surface area contributed by atoms with Crippen LogP contribution in [-0.4, -0.2) is 79.1 Å². The lowest BCUT2D eigenvalue weighted by Gasteiger charge is -2.41. The van der Waals surface area contributed by atoms with Crippen LogP contribution in [0, 0.1) is 0 Å². The summed E-state index contributed by atoms with van der Waals surface area (Å²) < 4.78 is 15.5. The highest BCUT2D eigenvalue weighted by Crippen LogP contribution is 2.34. The maximum Gasteiger partial charge on any atom is 0.338 e. The van der Waals surface area contributed by atoms with Crippen molar-refractivity contribution >= 4 is 30.1 Å². The van der Waals surface area contributed by atoms with Gasteiger partial charge in [0.05, 0.1) is 12.7 Å². The number of phenolic OH excluding ortho intramolecular Hbond substituents is 4. The minimum absolute atomic E-state index is 0.0556. The van der Waals surface area contributed by atoms with Gasteiger partial charge < -0.3 is 44.8 Å². The zero-order chi connectivity index (χ0) is 28.7. The SMILES string of the molecule is CCOC(=O)C1(O)CC(O)C(OC(=O)C=Cc2ccc(O)c(O)c2)C(OC(=O)C=Cc2ccc(O)c(O)c2)C1. The highest BCUT2D eigenvalue weighted by atomic mass is 16.6. The van der Waals surface area contributed by atoms with Crippen molar-refractivity contribution in [1.29, 1.82) is 0 Å². The molecule has 6 N–H and O–H groups in total. The van der Waals surface area contributed by atoms with Gasteiger partial charge in [-0.25, -0.2) is 14.4 Å². The van der Waals surface area contributed by atoms with E-state index in [2.05, 4.69) is 0 Å². The molecule has 2 aromatic carbocycles. The standard InChI is InChI=1S/C27H28O12/c1-2-37-26(35)27(36)13-21(32)25(39-24(34)10-6-16-4-8-18(29)20(31)12-16)22(14-27)38-23(33)9-5-15-3-7-17(28)19(30)11-15/h3-12,21-22,25,28-32,36H,2,13-14H2,1H3. The third-order valence-electron chi connectivity index (χ3n) is 5.83. The lowest BCUT2D eigenvalue weighted by molar-refractivity contribution is -0.207. The van der Waals surface area contributed by atoms with Crippen molar-refractivity contribution in [3.8, 4) is 23.0 Å². The van der Waals surface area contributed by atoms with Crippen molar-refractivity contribution in [2.75, 3.05) is 6.61 Å². The van der Waals surface area contributed by atoms with Crippen molar-refractivity contribution in [2.24, 2.45) is 0 Å². The monoisotopic (exact) mass is 544 g/mol. The summed E-state index contributed by atoms with van der Waals surface area (Å²) in [7, 11) is 0. The number of hydrogen-bond donors (Lipinski definition) is 6. The van der Waals surface area contributed by atoms with Gasteiger partial charge in [-0.2, -0.15) is 0 Å². The summed E-state index contributed by atoms with van der Waals surface area (Å²) in [4.78, 5) is 37.4. The van der Waals surface area contributed by atoms with Crippen LogP contribution in [-0.2, 0) is 28.6 Å². The summed E-state index contributed by atoms with van der Waals surface area (Å²) >= 11 is 0. The minimum atomic E-state index is -2.23. The van der Waals surface area contributed by atoms with Gasteiger partial charge in [0.1, 0.15) is 6.10 Å². The van der Waals surface area contributed by atoms with Gasteiger partial charge in [0.25, 0.3) is 0 Å². The van der Waals surface area contributed by atoms with E-state index >= 15 is 0 Å². The molecule has 0 bridgehead atoms. The van der Waals surface area contributed by atoms with E-state index in [0.717, 1.165) is 12.2 Å². The summed E-state index contributed by atoms with van der Waals surface area (Å²) in [6, 6.07) is 7.63. The number of aliphatic hydroxyl groups is 2. The van der Waals surface area contributed by atoms with Crippen molar-refractivity contribution in [3.63, 3.8) is 0 Å². The largest absolute Gasteiger partial charge is 0.504 e. The Balaban J connectivity index is 1.78. The molecule has 39 heavy (non-hydrogen) atoms. The first-order valence-corrected chi connectivity index (χ1v) is 11.8. The van der Waals surface area contributed by atoms with E-state index in [4.69, 9.17) is 14.2 Å². The normalized spacial score (nSPS) is 23.0. The van der Waals surface area contributed by atoms with E-state index in [1.807, 2.05) is 0 Å². The van der Waals surface area contributed by atoms with Crippen molar-refractivity contribution in [1.82, 2.24) is 0 Å². The molecule has 4 atom stereocenters. The number of ether oxygens (including phenoxy) is 3. The average molecular weight is 545 g/mol. The fourth-order valence-corrected chi connectivity index (χ4v) is 3.92. The van der Waals surface area contributed by atoms with Gasteiger partial charge in [0, 0.05) is 25.0 Å². The fraction of sp³-hybridized carbons (Fsp3) is 0.296. The van der Waals surface area contributed by atoms with E-state index in [1.165, 1.54) is 55.5 Å². The number of phenols is 4. The Morgan fingerprint density at radius 1 is 0.846 bits per heavy atom. The molecule has 1 aliphatic rings. The Hall–Kier alpha value is -4.55. The third-order valence-corrected chi connectivity index (χ3v) is 5.83. The molecule has 2 aromatic rings. The number of benzene rings is 2. The number of aromatic hydroxyl groups is 4. The molecule has 1 aliphatic carbocycles. The zero-order valence-electron chi connectivity index (χ0n) is 20.8. The predicted octanol–water partition coefficient (Wildman–Crippen LogP) is 1.51. The Labute approximate surface area is 222 Å². The van der Waals surface area contributed by atoms with Crippen LogP contribution in [0.4, 0.5) is 0 Å². The molecule has 0 amide bonds. The number of esters is 3. The lowest BCUT2D eigenvalue weighted by atomic mass is 9.79. The number of hydrogen-bond acceptors (Lipinski definition) is 12. The highest BCUT2D eigenvalue weighted by Gasteiger charge is 2.53. The number of carbonyl (C=O) groups is 3. The van der Waals surface area contributed by atoms with Gasteiger partial charge in [0.2, 0.25) is 0 Å². The van der Waals surface area contributed by atoms with E-state index in [9.17, 15) is 45.0 Å². The highest BCUT2D eigenvalue weighted by molar-refractivity contribution is 5.88. The third kappa shape index (κ3) is 7.49. The average Bonchev–Trinajstić information content (AvgIpc) is 2.87. The first-order chi connectivity index (χ1) is 18.4. The van der Waals surface area contributed by atoms with Gasteiger partial charge in [0.15, 0.2) is 34.7 Å². The van der Waals surface area contributed by atoms with E-state index in [1.54, 1.807) is 0 Å². The van der Waals surface area contributed by atoms with Crippen LogP contribution >= 0.6 is 0 Å². The van der Waals surface area contributed by atoms with Crippen LogP contribution < -0.4 is 0 Å². The topological polar surface area (TPSA) is 200 Å². The summed E-state index contributed by atoms with van der Waals surface area (Å²) in [5.74, 6) is -4.53. The molecule has 4 unspecified atom stereocenters. The first-order valence-electron chi connectivity index (χ1n) is 11.8. The Bertz CT molecular complexity index is 1280. The Morgan fingerprint density at radius 2 is 1.36 bits per heavy atom. The summed E-state index contributed by atoms with van der Waals surface area (Å²) in [6.45, 7) is 1.47. The second-order valence-electron chi connectivity index (χ2n) is 8.77. The minimum Gasteiger partial charge on any atom is -0.504 e. The van der Waals surface area contributed by atoms with Gasteiger partial charge in [-0.1, -0.05) is 12.1 Å². The number of carbonyl (C=O) groups excluding carboxylic acids is 3. The quantitative estimate of drug-likeness (QED) is 0.121. The van der Waals surface area contributed by atoms with Gasteiger partial charge in [-0.3, -0.25) is 0 Å². The second kappa shape index (κ2) is 12.3. The molecular formula is C27H28O12. The van der Waals surface area contributed by atoms with E-state index < -0.39 is 66.2 Å². The van der Waals surface area contributed by atoms with Crippen molar-refractivity contribution in [2.45, 2.75) is 43.7 Å². The first kappa shape index (κ1) is 29.0. The van der Waals surface area contributed by atoms with E-state index in [-0.39, 0.29) is 18.1 Å². The molecule has 0 heterocycles. The molecule has 3 rings (SSSR count). The number of aliphatic hydroxyl groups excluding tert-OH is 1. The fourth-order valence-electron chi connectivity index (χ4n) is 3.92. The maximum atomic E-state index is 12.6. The van der Waals surface area contributed by atoms with Crippen LogP contribution in [0.2, 0.25) is 0 Å². The Kier molecular flexibility index (Phi) is 9.17. The van der Waals surface area contributed by atoms with Crippen LogP contribution in [0.5, 0.6) is 23.0 Å². The maximum absolute atomic E-state index is 12.6. The molecule has 1 fully saturated rings. The van der Waals surface area contributed by atoms with Crippen LogP contribution in [0.1, 0.15) is 30.9 Å². The molecule has 0 aromatic heterocycles. The molecule has 208 valence electrons. The summed E-state index contributed by atoms with van der Waals surface area (Å²) in [5, 5.41) is 59.5.